The number of amides is 2. The number of para-hydroxylation sites is 1. The summed E-state index contributed by atoms with van der Waals surface area (Å²) in [5.41, 5.74) is 4.33. The van der Waals surface area contributed by atoms with Crippen molar-refractivity contribution in [2.45, 2.75) is 33.0 Å². The van der Waals surface area contributed by atoms with E-state index in [1.54, 1.807) is 49.5 Å². The minimum Gasteiger partial charge on any atom is -0.493 e. The van der Waals surface area contributed by atoms with Crippen molar-refractivity contribution in [2.75, 3.05) is 27.9 Å². The smallest absolute Gasteiger partial charge is 0.287 e. The lowest BCUT2D eigenvalue weighted by Gasteiger charge is -2.31. The van der Waals surface area contributed by atoms with Crippen molar-refractivity contribution in [1.82, 2.24) is 15.2 Å². The molecular weight excluding hydrogens is 450 g/mol. The van der Waals surface area contributed by atoms with Crippen LogP contribution < -0.4 is 14.8 Å². The van der Waals surface area contributed by atoms with E-state index < -0.39 is 0 Å². The molecule has 0 aliphatic carbocycles. The highest BCUT2D eigenvalue weighted by molar-refractivity contribution is 5.98. The van der Waals surface area contributed by atoms with Crippen LogP contribution in [-0.4, -0.2) is 49.6 Å². The third-order valence-electron chi connectivity index (χ3n) is 6.11. The van der Waals surface area contributed by atoms with Crippen molar-refractivity contribution in [3.05, 3.63) is 76.0 Å². The molecule has 9 nitrogen and oxygen atoms in total. The first-order valence-electron chi connectivity index (χ1n) is 11.3. The molecule has 2 amide bonds. The number of furan rings is 1. The first-order valence-corrected chi connectivity index (χ1v) is 11.3. The first kappa shape index (κ1) is 24.3. The third-order valence-corrected chi connectivity index (χ3v) is 6.11. The number of ether oxygens (including phenoxy) is 3. The largest absolute Gasteiger partial charge is 0.493 e. The lowest BCUT2D eigenvalue weighted by molar-refractivity contribution is 0.0730. The molecule has 4 rings (SSSR count). The van der Waals surface area contributed by atoms with Gasteiger partial charge in [-0.2, -0.15) is 0 Å². The molecule has 0 radical (unpaired) electrons. The zero-order valence-corrected chi connectivity index (χ0v) is 20.3. The van der Waals surface area contributed by atoms with Gasteiger partial charge in [-0.25, -0.2) is 0 Å². The number of nitrogens with zero attached hydrogens (tertiary/aromatic N) is 2. The Morgan fingerprint density at radius 3 is 2.71 bits per heavy atom. The number of hydrogen-bond acceptors (Lipinski definition) is 7. The van der Waals surface area contributed by atoms with Gasteiger partial charge >= 0.3 is 0 Å². The number of fused-ring (bicyclic) bond motifs is 1. The van der Waals surface area contributed by atoms with Gasteiger partial charge in [0.2, 0.25) is 0 Å². The van der Waals surface area contributed by atoms with E-state index in [9.17, 15) is 9.59 Å². The Morgan fingerprint density at radius 2 is 1.97 bits per heavy atom. The predicted molar refractivity (Wildman–Crippen MR) is 128 cm³/mol. The Morgan fingerprint density at radius 1 is 1.14 bits per heavy atom. The molecule has 0 saturated carbocycles. The van der Waals surface area contributed by atoms with E-state index in [1.165, 1.54) is 7.11 Å². The molecule has 0 fully saturated rings. The van der Waals surface area contributed by atoms with Gasteiger partial charge in [-0.05, 0) is 54.3 Å². The quantitative estimate of drug-likeness (QED) is 0.529. The average Bonchev–Trinajstić information content (AvgIpc) is 3.35. The van der Waals surface area contributed by atoms with Crippen LogP contribution in [0.25, 0.3) is 0 Å². The van der Waals surface area contributed by atoms with E-state index >= 15 is 0 Å². The molecule has 3 aromatic rings. The number of aromatic nitrogens is 1. The van der Waals surface area contributed by atoms with E-state index in [-0.39, 0.29) is 17.6 Å². The Labute approximate surface area is 204 Å². The maximum Gasteiger partial charge on any atom is 0.287 e. The Hall–Kier alpha value is -3.85. The number of nitrogens with one attached hydrogen (secondary N) is 1. The van der Waals surface area contributed by atoms with Crippen LogP contribution >= 0.6 is 0 Å². The van der Waals surface area contributed by atoms with Gasteiger partial charge in [0, 0.05) is 38.6 Å². The van der Waals surface area contributed by atoms with Gasteiger partial charge in [-0.15, -0.1) is 0 Å². The van der Waals surface area contributed by atoms with Crippen LogP contribution in [-0.2, 0) is 30.9 Å². The second kappa shape index (κ2) is 10.6. The number of hydrogen-bond donors (Lipinski definition) is 1. The summed E-state index contributed by atoms with van der Waals surface area (Å²) in [5, 5.41) is 2.92. The van der Waals surface area contributed by atoms with Crippen LogP contribution in [0, 0.1) is 6.92 Å². The number of carbonyl (C=O) groups is 2. The summed E-state index contributed by atoms with van der Waals surface area (Å²) in [7, 11) is 4.63. The minimum atomic E-state index is -0.304. The number of rotatable bonds is 8. The molecule has 0 atom stereocenters. The van der Waals surface area contributed by atoms with Crippen molar-refractivity contribution in [3.63, 3.8) is 0 Å². The normalized spacial score (nSPS) is 12.7. The topological polar surface area (TPSA) is 103 Å². The molecule has 0 unspecified atom stereocenters. The highest BCUT2D eigenvalue weighted by Crippen LogP contribution is 2.33. The fourth-order valence-corrected chi connectivity index (χ4v) is 4.33. The van der Waals surface area contributed by atoms with Crippen LogP contribution in [0.2, 0.25) is 0 Å². The SMILES string of the molecule is COCc1ccc(C(=O)NCc2c(C)ncc3c2CCN(C(=O)c2cccc(OC)c2OC)C3)o1. The molecule has 35 heavy (non-hydrogen) atoms. The van der Waals surface area contributed by atoms with Gasteiger partial charge in [0.1, 0.15) is 12.4 Å². The fourth-order valence-electron chi connectivity index (χ4n) is 4.33. The van der Waals surface area contributed by atoms with E-state index in [0.717, 1.165) is 22.4 Å². The molecule has 1 aromatic carbocycles. The van der Waals surface area contributed by atoms with Crippen LogP contribution in [0.1, 0.15) is 49.1 Å². The number of aryl methyl sites for hydroxylation is 1. The van der Waals surface area contributed by atoms with Gasteiger partial charge in [0.15, 0.2) is 17.3 Å². The van der Waals surface area contributed by atoms with Gasteiger partial charge in [0.25, 0.3) is 11.8 Å². The summed E-state index contributed by atoms with van der Waals surface area (Å²) in [4.78, 5) is 32.2. The second-order valence-corrected chi connectivity index (χ2v) is 8.23. The number of carbonyl (C=O) groups excluding carboxylic acids is 2. The van der Waals surface area contributed by atoms with Crippen molar-refractivity contribution < 1.29 is 28.2 Å². The number of benzene rings is 1. The molecule has 9 heteroatoms. The van der Waals surface area contributed by atoms with Gasteiger partial charge in [-0.3, -0.25) is 14.6 Å². The lowest BCUT2D eigenvalue weighted by atomic mass is 9.94. The summed E-state index contributed by atoms with van der Waals surface area (Å²) in [6, 6.07) is 8.62. The summed E-state index contributed by atoms with van der Waals surface area (Å²) in [6.07, 6.45) is 2.46. The van der Waals surface area contributed by atoms with E-state index in [1.807, 2.05) is 13.1 Å². The van der Waals surface area contributed by atoms with E-state index in [0.29, 0.717) is 55.5 Å². The Kier molecular flexibility index (Phi) is 7.36. The molecular formula is C26H29N3O6. The van der Waals surface area contributed by atoms with Gasteiger partial charge < -0.3 is 28.8 Å². The summed E-state index contributed by atoms with van der Waals surface area (Å²) in [5.74, 6) is 1.31. The third kappa shape index (κ3) is 5.00. The molecule has 0 spiro atoms. The number of methoxy groups -OCH3 is 3. The fraction of sp³-hybridized carbons (Fsp3) is 0.346. The summed E-state index contributed by atoms with van der Waals surface area (Å²) >= 11 is 0. The van der Waals surface area contributed by atoms with Crippen LogP contribution in [0.4, 0.5) is 0 Å². The minimum absolute atomic E-state index is 0.133. The maximum atomic E-state index is 13.3. The molecule has 2 aromatic heterocycles. The van der Waals surface area contributed by atoms with Crippen molar-refractivity contribution in [3.8, 4) is 11.5 Å². The van der Waals surface area contributed by atoms with Crippen LogP contribution in [0.5, 0.6) is 11.5 Å². The predicted octanol–water partition coefficient (Wildman–Crippen LogP) is 3.28. The van der Waals surface area contributed by atoms with Crippen molar-refractivity contribution in [2.24, 2.45) is 0 Å². The molecule has 1 aliphatic heterocycles. The van der Waals surface area contributed by atoms with Gasteiger partial charge in [0.05, 0.1) is 19.8 Å². The highest BCUT2D eigenvalue weighted by Gasteiger charge is 2.27. The van der Waals surface area contributed by atoms with Gasteiger partial charge in [-0.1, -0.05) is 6.07 Å². The summed E-state index contributed by atoms with van der Waals surface area (Å²) in [6.45, 7) is 3.50. The molecule has 184 valence electrons. The van der Waals surface area contributed by atoms with Crippen molar-refractivity contribution in [1.29, 1.82) is 0 Å². The van der Waals surface area contributed by atoms with Crippen LogP contribution in [0.15, 0.2) is 40.9 Å². The highest BCUT2D eigenvalue weighted by atomic mass is 16.5. The molecule has 3 heterocycles. The number of pyridine rings is 1. The molecule has 1 N–H and O–H groups in total. The molecule has 0 bridgehead atoms. The Bertz CT molecular complexity index is 1240. The van der Waals surface area contributed by atoms with Crippen LogP contribution in [0.3, 0.4) is 0 Å². The lowest BCUT2D eigenvalue weighted by Crippen LogP contribution is -2.37. The summed E-state index contributed by atoms with van der Waals surface area (Å²) < 4.78 is 21.3. The van der Waals surface area contributed by atoms with Crippen molar-refractivity contribution >= 4 is 11.8 Å². The zero-order valence-electron chi connectivity index (χ0n) is 20.3. The molecule has 0 saturated heterocycles. The second-order valence-electron chi connectivity index (χ2n) is 8.23. The molecule has 1 aliphatic rings. The monoisotopic (exact) mass is 479 g/mol. The first-order chi connectivity index (χ1) is 17.0. The maximum absolute atomic E-state index is 13.3. The Balaban J connectivity index is 1.50. The van der Waals surface area contributed by atoms with E-state index in [4.69, 9.17) is 18.6 Å². The zero-order chi connectivity index (χ0) is 24.9. The van der Waals surface area contributed by atoms with E-state index in [2.05, 4.69) is 10.3 Å². The standard InChI is InChI=1S/C26H29N3O6/c1-16-21(13-28-25(30)23-9-8-18(35-23)15-32-2)19-10-11-29(14-17(19)12-27-16)26(31)20-6-5-7-22(33-3)24(20)34-4/h5-9,12H,10-11,13-15H2,1-4H3,(H,28,30). The average molecular weight is 480 g/mol.